The standard InChI is InChI=1S/C17H19N5O3/c1-3-24-14-7-10(5-6-11(14)16(20)23)21-15-8-13(19)12(9-18)17(22-15)25-4-2/h5-8H,3-4H2,1-2H3,(H2,20,23)(H3,19,21,22). The van der Waals surface area contributed by atoms with Crippen LogP contribution in [0.4, 0.5) is 17.2 Å². The van der Waals surface area contributed by atoms with Gasteiger partial charge in [0.1, 0.15) is 23.2 Å². The Morgan fingerprint density at radius 2 is 2.00 bits per heavy atom. The molecule has 2 aromatic rings. The van der Waals surface area contributed by atoms with Crippen molar-refractivity contribution in [2.45, 2.75) is 13.8 Å². The van der Waals surface area contributed by atoms with Gasteiger partial charge in [-0.2, -0.15) is 10.2 Å². The number of nitrogens with one attached hydrogen (secondary N) is 1. The molecule has 0 radical (unpaired) electrons. The number of pyridine rings is 1. The van der Waals surface area contributed by atoms with Crippen LogP contribution in [0.3, 0.4) is 0 Å². The molecule has 25 heavy (non-hydrogen) atoms. The Hall–Kier alpha value is -3.47. The number of amides is 1. The summed E-state index contributed by atoms with van der Waals surface area (Å²) in [4.78, 5) is 15.7. The van der Waals surface area contributed by atoms with Crippen molar-refractivity contribution in [2.24, 2.45) is 5.73 Å². The first-order valence-corrected chi connectivity index (χ1v) is 7.67. The fourth-order valence-electron chi connectivity index (χ4n) is 2.18. The van der Waals surface area contributed by atoms with Crippen LogP contribution in [0.2, 0.25) is 0 Å². The predicted octanol–water partition coefficient (Wildman–Crippen LogP) is 2.18. The Kier molecular flexibility index (Phi) is 5.63. The van der Waals surface area contributed by atoms with E-state index in [0.29, 0.717) is 30.5 Å². The van der Waals surface area contributed by atoms with Gasteiger partial charge in [-0.1, -0.05) is 0 Å². The third kappa shape index (κ3) is 4.09. The van der Waals surface area contributed by atoms with E-state index in [2.05, 4.69) is 10.3 Å². The van der Waals surface area contributed by atoms with Crippen LogP contribution >= 0.6 is 0 Å². The van der Waals surface area contributed by atoms with Crippen molar-refractivity contribution >= 4 is 23.1 Å². The summed E-state index contributed by atoms with van der Waals surface area (Å²) in [6.45, 7) is 4.34. The molecule has 0 bridgehead atoms. The number of carbonyl (C=O) groups is 1. The number of ether oxygens (including phenoxy) is 2. The van der Waals surface area contributed by atoms with Crippen LogP contribution in [0, 0.1) is 11.3 Å². The number of aromatic nitrogens is 1. The van der Waals surface area contributed by atoms with Gasteiger partial charge in [0.2, 0.25) is 5.88 Å². The Labute approximate surface area is 145 Å². The van der Waals surface area contributed by atoms with Crippen molar-refractivity contribution in [1.29, 1.82) is 5.26 Å². The van der Waals surface area contributed by atoms with E-state index in [1.165, 1.54) is 6.07 Å². The van der Waals surface area contributed by atoms with Gasteiger partial charge >= 0.3 is 0 Å². The molecular formula is C17H19N5O3. The number of hydrogen-bond donors (Lipinski definition) is 3. The van der Waals surface area contributed by atoms with Crippen LogP contribution in [-0.2, 0) is 0 Å². The van der Waals surface area contributed by atoms with Crippen LogP contribution in [-0.4, -0.2) is 24.1 Å². The highest BCUT2D eigenvalue weighted by atomic mass is 16.5. The maximum atomic E-state index is 11.4. The van der Waals surface area contributed by atoms with Crippen molar-refractivity contribution in [3.63, 3.8) is 0 Å². The fraction of sp³-hybridized carbons (Fsp3) is 0.235. The molecule has 1 aromatic heterocycles. The first kappa shape index (κ1) is 17.9. The lowest BCUT2D eigenvalue weighted by atomic mass is 10.1. The van der Waals surface area contributed by atoms with Gasteiger partial charge in [0.25, 0.3) is 5.91 Å². The summed E-state index contributed by atoms with van der Waals surface area (Å²) >= 11 is 0. The Morgan fingerprint density at radius 1 is 1.28 bits per heavy atom. The number of primary amides is 1. The van der Waals surface area contributed by atoms with Crippen LogP contribution in [0.15, 0.2) is 24.3 Å². The molecule has 2 rings (SSSR count). The lowest BCUT2D eigenvalue weighted by Gasteiger charge is -2.13. The van der Waals surface area contributed by atoms with E-state index in [0.717, 1.165) is 0 Å². The third-order valence-electron chi connectivity index (χ3n) is 3.23. The minimum atomic E-state index is -0.575. The number of nitriles is 1. The van der Waals surface area contributed by atoms with E-state index in [9.17, 15) is 4.79 Å². The van der Waals surface area contributed by atoms with E-state index in [4.69, 9.17) is 26.2 Å². The number of hydrogen-bond acceptors (Lipinski definition) is 7. The van der Waals surface area contributed by atoms with Crippen molar-refractivity contribution < 1.29 is 14.3 Å². The SMILES string of the molecule is CCOc1cc(Nc2cc(N)c(C#N)c(OCC)n2)ccc1C(N)=O. The normalized spacial score (nSPS) is 9.96. The Bertz CT molecular complexity index is 830. The van der Waals surface area contributed by atoms with Crippen LogP contribution in [0.5, 0.6) is 11.6 Å². The fourth-order valence-corrected chi connectivity index (χ4v) is 2.18. The van der Waals surface area contributed by atoms with Gasteiger partial charge < -0.3 is 26.3 Å². The van der Waals surface area contributed by atoms with Gasteiger partial charge in [0.05, 0.1) is 24.5 Å². The van der Waals surface area contributed by atoms with Crippen molar-refractivity contribution in [3.8, 4) is 17.7 Å². The molecule has 1 heterocycles. The molecule has 0 aliphatic heterocycles. The van der Waals surface area contributed by atoms with Crippen molar-refractivity contribution in [3.05, 3.63) is 35.4 Å². The zero-order chi connectivity index (χ0) is 18.4. The zero-order valence-corrected chi connectivity index (χ0v) is 14.0. The largest absolute Gasteiger partial charge is 0.493 e. The van der Waals surface area contributed by atoms with Crippen molar-refractivity contribution in [2.75, 3.05) is 24.3 Å². The van der Waals surface area contributed by atoms with Gasteiger partial charge in [-0.05, 0) is 26.0 Å². The molecule has 0 aliphatic rings. The highest BCUT2D eigenvalue weighted by molar-refractivity contribution is 5.96. The summed E-state index contributed by atoms with van der Waals surface area (Å²) in [7, 11) is 0. The molecule has 1 amide bonds. The Morgan fingerprint density at radius 3 is 2.60 bits per heavy atom. The molecule has 0 atom stereocenters. The number of nitrogens with two attached hydrogens (primary N) is 2. The van der Waals surface area contributed by atoms with Gasteiger partial charge in [-0.25, -0.2) is 0 Å². The smallest absolute Gasteiger partial charge is 0.252 e. The summed E-state index contributed by atoms with van der Waals surface area (Å²) in [5.41, 5.74) is 12.6. The molecular weight excluding hydrogens is 322 g/mol. The van der Waals surface area contributed by atoms with E-state index >= 15 is 0 Å². The number of anilines is 3. The monoisotopic (exact) mass is 341 g/mol. The number of benzene rings is 1. The van der Waals surface area contributed by atoms with Gasteiger partial charge in [-0.15, -0.1) is 0 Å². The average Bonchev–Trinajstić information content (AvgIpc) is 2.55. The summed E-state index contributed by atoms with van der Waals surface area (Å²) in [5.74, 6) is 0.349. The first-order valence-electron chi connectivity index (χ1n) is 7.67. The van der Waals surface area contributed by atoms with Crippen molar-refractivity contribution in [1.82, 2.24) is 4.98 Å². The molecule has 8 heteroatoms. The zero-order valence-electron chi connectivity index (χ0n) is 14.0. The predicted molar refractivity (Wildman–Crippen MR) is 93.9 cm³/mol. The number of rotatable bonds is 7. The minimum absolute atomic E-state index is 0.159. The average molecular weight is 341 g/mol. The second kappa shape index (κ2) is 7.88. The van der Waals surface area contributed by atoms with E-state index in [1.807, 2.05) is 13.0 Å². The third-order valence-corrected chi connectivity index (χ3v) is 3.23. The maximum Gasteiger partial charge on any atom is 0.252 e. The minimum Gasteiger partial charge on any atom is -0.493 e. The molecule has 130 valence electrons. The molecule has 0 aliphatic carbocycles. The molecule has 8 nitrogen and oxygen atoms in total. The van der Waals surface area contributed by atoms with Crippen LogP contribution < -0.4 is 26.3 Å². The Balaban J connectivity index is 2.38. The number of carbonyl (C=O) groups excluding carboxylic acids is 1. The van der Waals surface area contributed by atoms with Gasteiger partial charge in [0.15, 0.2) is 0 Å². The summed E-state index contributed by atoms with van der Waals surface area (Å²) < 4.78 is 10.8. The summed E-state index contributed by atoms with van der Waals surface area (Å²) in [6, 6.07) is 8.37. The summed E-state index contributed by atoms with van der Waals surface area (Å²) in [5, 5.41) is 12.2. The second-order valence-corrected chi connectivity index (χ2v) is 4.95. The topological polar surface area (TPSA) is 136 Å². The molecule has 0 spiro atoms. The molecule has 0 unspecified atom stereocenters. The molecule has 0 fully saturated rings. The second-order valence-electron chi connectivity index (χ2n) is 4.95. The van der Waals surface area contributed by atoms with Crippen LogP contribution in [0.25, 0.3) is 0 Å². The lowest BCUT2D eigenvalue weighted by molar-refractivity contribution is 0.0996. The maximum absolute atomic E-state index is 11.4. The van der Waals surface area contributed by atoms with Gasteiger partial charge in [0, 0.05) is 17.8 Å². The highest BCUT2D eigenvalue weighted by Gasteiger charge is 2.14. The molecule has 1 aromatic carbocycles. The highest BCUT2D eigenvalue weighted by Crippen LogP contribution is 2.29. The van der Waals surface area contributed by atoms with E-state index in [-0.39, 0.29) is 22.7 Å². The first-order chi connectivity index (χ1) is 12.0. The lowest BCUT2D eigenvalue weighted by Crippen LogP contribution is -2.13. The molecule has 5 N–H and O–H groups in total. The van der Waals surface area contributed by atoms with E-state index < -0.39 is 5.91 Å². The number of nitrogen functional groups attached to an aromatic ring is 1. The summed E-state index contributed by atoms with van der Waals surface area (Å²) in [6.07, 6.45) is 0. The molecule has 0 saturated carbocycles. The quantitative estimate of drug-likeness (QED) is 0.702. The van der Waals surface area contributed by atoms with Gasteiger partial charge in [-0.3, -0.25) is 4.79 Å². The van der Waals surface area contributed by atoms with E-state index in [1.54, 1.807) is 25.1 Å². The molecule has 0 saturated heterocycles. The van der Waals surface area contributed by atoms with Crippen LogP contribution in [0.1, 0.15) is 29.8 Å². The number of nitrogens with zero attached hydrogens (tertiary/aromatic N) is 2.